The molecule has 4 aromatic rings. The molecule has 0 aromatic heterocycles. The summed E-state index contributed by atoms with van der Waals surface area (Å²) in [4.78, 5) is 30.2. The number of carboxylic acids is 1. The van der Waals surface area contributed by atoms with Crippen LogP contribution in [-0.2, 0) is 27.3 Å². The molecule has 178 valence electrons. The molecule has 0 saturated heterocycles. The van der Waals surface area contributed by atoms with Crippen LogP contribution in [0.25, 0.3) is 10.8 Å². The number of carboxylic acid groups (broad SMARTS) is 1. The van der Waals surface area contributed by atoms with E-state index in [2.05, 4.69) is 5.32 Å². The van der Waals surface area contributed by atoms with Crippen LogP contribution < -0.4 is 5.32 Å². The lowest BCUT2D eigenvalue weighted by Crippen LogP contribution is -2.45. The van der Waals surface area contributed by atoms with Crippen LogP contribution in [0, 0.1) is 0 Å². The lowest BCUT2D eigenvalue weighted by atomic mass is 10.0. The van der Waals surface area contributed by atoms with E-state index in [-0.39, 0.29) is 18.1 Å². The number of anilines is 1. The fourth-order valence-corrected chi connectivity index (χ4v) is 3.90. The normalized spacial score (nSPS) is 12.7. The molecule has 0 amide bonds. The van der Waals surface area contributed by atoms with Gasteiger partial charge in [0, 0.05) is 23.9 Å². The van der Waals surface area contributed by atoms with E-state index in [9.17, 15) is 19.9 Å². The van der Waals surface area contributed by atoms with Gasteiger partial charge in [-0.15, -0.1) is 0 Å². The van der Waals surface area contributed by atoms with E-state index in [0.29, 0.717) is 5.56 Å². The maximum absolute atomic E-state index is 13.2. The monoisotopic (exact) mass is 470 g/mol. The third-order valence-corrected chi connectivity index (χ3v) is 5.69. The van der Waals surface area contributed by atoms with Crippen LogP contribution in [-0.4, -0.2) is 39.6 Å². The Morgan fingerprint density at radius 3 is 2.00 bits per heavy atom. The molecule has 0 spiro atoms. The molecule has 0 saturated carbocycles. The molecule has 0 bridgehead atoms. The third-order valence-electron chi connectivity index (χ3n) is 5.69. The van der Waals surface area contributed by atoms with Gasteiger partial charge in [0.2, 0.25) is 0 Å². The second-order valence-corrected chi connectivity index (χ2v) is 8.17. The van der Waals surface area contributed by atoms with Gasteiger partial charge < -0.3 is 15.3 Å². The molecule has 4 aromatic carbocycles. The number of hydrogen-bond acceptors (Lipinski definition) is 6. The van der Waals surface area contributed by atoms with Gasteiger partial charge in [0.25, 0.3) is 0 Å². The first kappa shape index (κ1) is 23.9. The molecule has 3 N–H and O–H groups in total. The summed E-state index contributed by atoms with van der Waals surface area (Å²) in [6, 6.07) is 29.4. The number of nitrogens with zero attached hydrogens (tertiary/aromatic N) is 1. The quantitative estimate of drug-likeness (QED) is 0.289. The lowest BCUT2D eigenvalue weighted by molar-refractivity contribution is -0.335. The molecule has 0 radical (unpaired) electrons. The molecule has 35 heavy (non-hydrogen) atoms. The van der Waals surface area contributed by atoms with Crippen molar-refractivity contribution in [2.45, 2.75) is 24.9 Å². The Bertz CT molecular complexity index is 1280. The van der Waals surface area contributed by atoms with Gasteiger partial charge in [-0.05, 0) is 27.8 Å². The fourth-order valence-electron chi connectivity index (χ4n) is 3.90. The van der Waals surface area contributed by atoms with Crippen molar-refractivity contribution >= 4 is 28.4 Å². The van der Waals surface area contributed by atoms with Gasteiger partial charge >= 0.3 is 11.9 Å². The Labute approximate surface area is 203 Å². The van der Waals surface area contributed by atoms with Gasteiger partial charge in [0.15, 0.2) is 6.04 Å². The van der Waals surface area contributed by atoms with Crippen molar-refractivity contribution in [3.8, 4) is 0 Å². The van der Waals surface area contributed by atoms with E-state index in [1.54, 1.807) is 24.3 Å². The van der Waals surface area contributed by atoms with Crippen LogP contribution in [0.3, 0.4) is 0 Å². The molecule has 2 atom stereocenters. The second kappa shape index (κ2) is 11.3. The Morgan fingerprint density at radius 1 is 0.771 bits per heavy atom. The van der Waals surface area contributed by atoms with Crippen LogP contribution in [0.5, 0.6) is 0 Å². The number of aliphatic carboxylic acids is 1. The number of nitrogens with one attached hydrogen (secondary N) is 1. The summed E-state index contributed by atoms with van der Waals surface area (Å²) < 4.78 is 0. The highest BCUT2D eigenvalue weighted by atomic mass is 16.9. The average Bonchev–Trinajstić information content (AvgIpc) is 2.88. The first-order valence-corrected chi connectivity index (χ1v) is 11.3. The largest absolute Gasteiger partial charge is 0.480 e. The zero-order valence-electron chi connectivity index (χ0n) is 19.0. The molecule has 0 unspecified atom stereocenters. The zero-order chi connectivity index (χ0) is 24.6. The van der Waals surface area contributed by atoms with Gasteiger partial charge in [0.1, 0.15) is 6.04 Å². The van der Waals surface area contributed by atoms with Crippen molar-refractivity contribution in [3.05, 3.63) is 114 Å². The van der Waals surface area contributed by atoms with Crippen molar-refractivity contribution < 1.29 is 24.7 Å². The summed E-state index contributed by atoms with van der Waals surface area (Å²) in [7, 11) is 0. The summed E-state index contributed by atoms with van der Waals surface area (Å²) in [5.74, 6) is -2.12. The highest BCUT2D eigenvalue weighted by molar-refractivity contribution is 5.95. The molecule has 4 rings (SSSR count). The van der Waals surface area contributed by atoms with E-state index in [4.69, 9.17) is 4.84 Å². The van der Waals surface area contributed by atoms with Gasteiger partial charge in [-0.2, -0.15) is 0 Å². The number of rotatable bonds is 10. The lowest BCUT2D eigenvalue weighted by Gasteiger charge is -2.25. The molecule has 0 aliphatic rings. The van der Waals surface area contributed by atoms with Crippen molar-refractivity contribution in [1.29, 1.82) is 0 Å². The number of hydrogen-bond donors (Lipinski definition) is 3. The van der Waals surface area contributed by atoms with Crippen molar-refractivity contribution in [2.24, 2.45) is 0 Å². The summed E-state index contributed by atoms with van der Waals surface area (Å²) in [6.07, 6.45) is 0.229. The molecule has 0 heterocycles. The van der Waals surface area contributed by atoms with Crippen LogP contribution in [0.1, 0.15) is 11.1 Å². The Balaban J connectivity index is 1.56. The zero-order valence-corrected chi connectivity index (χ0v) is 19.0. The minimum Gasteiger partial charge on any atom is -0.480 e. The van der Waals surface area contributed by atoms with E-state index in [0.717, 1.165) is 22.0 Å². The van der Waals surface area contributed by atoms with Gasteiger partial charge in [0.05, 0.1) is 0 Å². The van der Waals surface area contributed by atoms with Crippen LogP contribution in [0.4, 0.5) is 5.69 Å². The molecule has 7 nitrogen and oxygen atoms in total. The van der Waals surface area contributed by atoms with Crippen LogP contribution in [0.15, 0.2) is 103 Å². The van der Waals surface area contributed by atoms with Gasteiger partial charge in [-0.25, -0.2) is 4.79 Å². The number of carbonyl (C=O) groups excluding carboxylic acids is 1. The first-order chi connectivity index (χ1) is 17.0. The van der Waals surface area contributed by atoms with Crippen molar-refractivity contribution in [1.82, 2.24) is 5.23 Å². The molecule has 0 fully saturated rings. The van der Waals surface area contributed by atoms with Crippen LogP contribution >= 0.6 is 0 Å². The average molecular weight is 471 g/mol. The number of fused-ring (bicyclic) bond motifs is 1. The highest BCUT2D eigenvalue weighted by Crippen LogP contribution is 2.24. The highest BCUT2D eigenvalue weighted by Gasteiger charge is 2.31. The van der Waals surface area contributed by atoms with E-state index < -0.39 is 24.0 Å². The number of hydroxylamine groups is 2. The summed E-state index contributed by atoms with van der Waals surface area (Å²) in [6.45, 7) is 0. The Hall–Kier alpha value is -4.20. The van der Waals surface area contributed by atoms with Gasteiger partial charge in [-0.1, -0.05) is 97.1 Å². The summed E-state index contributed by atoms with van der Waals surface area (Å²) in [5.41, 5.74) is 2.29. The Morgan fingerprint density at radius 2 is 1.34 bits per heavy atom. The van der Waals surface area contributed by atoms with Crippen LogP contribution in [0.2, 0.25) is 0 Å². The first-order valence-electron chi connectivity index (χ1n) is 11.3. The molecule has 0 aliphatic heterocycles. The second-order valence-electron chi connectivity index (χ2n) is 8.17. The van der Waals surface area contributed by atoms with Crippen molar-refractivity contribution in [3.63, 3.8) is 0 Å². The Kier molecular flexibility index (Phi) is 7.72. The van der Waals surface area contributed by atoms with E-state index in [1.807, 2.05) is 78.9 Å². The summed E-state index contributed by atoms with van der Waals surface area (Å²) >= 11 is 0. The minimum atomic E-state index is -1.46. The number of benzene rings is 4. The molecule has 7 heteroatoms. The fraction of sp³-hybridized carbons (Fsp3) is 0.143. The number of carbonyl (C=O) groups is 2. The smallest absolute Gasteiger partial charge is 0.350 e. The predicted octanol–water partition coefficient (Wildman–Crippen LogP) is 4.71. The van der Waals surface area contributed by atoms with Gasteiger partial charge in [-0.3, -0.25) is 10.0 Å². The maximum atomic E-state index is 13.2. The summed E-state index contributed by atoms with van der Waals surface area (Å²) in [5, 5.41) is 25.4. The predicted molar refractivity (Wildman–Crippen MR) is 133 cm³/mol. The van der Waals surface area contributed by atoms with Crippen molar-refractivity contribution in [2.75, 3.05) is 5.32 Å². The SMILES string of the molecule is O=C(ON(O)[C@@H](Cc1ccccc1)C(=O)O)[C@H](Cc1ccccc1)Nc1cccc2ccccc12. The standard InChI is InChI=1S/C28H26N2O5/c31-27(32)26(19-21-12-5-2-6-13-21)30(34)35-28(33)25(18-20-10-3-1-4-11-20)29-24-17-9-15-22-14-7-8-16-23(22)24/h1-17,25-26,29,34H,18-19H2,(H,31,32)/t25-,26-/m0/s1. The minimum absolute atomic E-state index is 0.0416. The molecular formula is C28H26N2O5. The topological polar surface area (TPSA) is 99.1 Å². The van der Waals surface area contributed by atoms with E-state index in [1.165, 1.54) is 0 Å². The molecule has 0 aliphatic carbocycles. The molecular weight excluding hydrogens is 444 g/mol. The van der Waals surface area contributed by atoms with E-state index >= 15 is 0 Å². The maximum Gasteiger partial charge on any atom is 0.350 e. The third kappa shape index (κ3) is 6.23.